The normalized spacial score (nSPS) is 11.6. The van der Waals surface area contributed by atoms with Crippen molar-refractivity contribution in [2.45, 2.75) is 52.9 Å². The van der Waals surface area contributed by atoms with Crippen LogP contribution in [0.4, 0.5) is 0 Å². The van der Waals surface area contributed by atoms with Crippen molar-refractivity contribution in [3.8, 4) is 5.75 Å². The third-order valence-corrected chi connectivity index (χ3v) is 4.72. The maximum atomic E-state index is 6.16. The summed E-state index contributed by atoms with van der Waals surface area (Å²) in [6.07, 6.45) is 3.83. The Kier molecular flexibility index (Phi) is 9.56. The van der Waals surface area contributed by atoms with Crippen LogP contribution in [0.5, 0.6) is 5.75 Å². The van der Waals surface area contributed by atoms with E-state index < -0.39 is 0 Å². The Bertz CT molecular complexity index is 1010. The van der Waals surface area contributed by atoms with Crippen molar-refractivity contribution in [3.05, 3.63) is 83.4 Å². The molecule has 7 heteroatoms. The van der Waals surface area contributed by atoms with Gasteiger partial charge in [0.15, 0.2) is 5.96 Å². The van der Waals surface area contributed by atoms with Crippen molar-refractivity contribution in [2.75, 3.05) is 7.05 Å². The first-order valence-corrected chi connectivity index (χ1v) is 10.6. The third kappa shape index (κ3) is 7.85. The average molecular weight is 547 g/mol. The lowest BCUT2D eigenvalue weighted by atomic mass is 10.1. The molecule has 1 heterocycles. The molecule has 1 aromatic heterocycles. The first-order chi connectivity index (χ1) is 14.8. The molecule has 2 aromatic carbocycles. The van der Waals surface area contributed by atoms with Gasteiger partial charge in [-0.3, -0.25) is 4.99 Å². The van der Waals surface area contributed by atoms with Crippen LogP contribution in [-0.4, -0.2) is 28.2 Å². The van der Waals surface area contributed by atoms with E-state index in [9.17, 15) is 0 Å². The zero-order valence-corrected chi connectivity index (χ0v) is 21.9. The van der Waals surface area contributed by atoms with E-state index in [-0.39, 0.29) is 29.6 Å². The standard InChI is InChI=1S/C25H33N5O.HI/c1-19-11-12-21(22(15-19)31-25(2,3)4)16-28-24(26-5)29-17-23-27-13-14-30(23)18-20-9-7-6-8-10-20;/h6-15H,16-18H2,1-5H3,(H2,26,28,29);1H. The summed E-state index contributed by atoms with van der Waals surface area (Å²) in [4.78, 5) is 8.85. The van der Waals surface area contributed by atoms with Gasteiger partial charge in [0.05, 0.1) is 6.54 Å². The quantitative estimate of drug-likeness (QED) is 0.251. The molecule has 0 fully saturated rings. The second-order valence-electron chi connectivity index (χ2n) is 8.56. The van der Waals surface area contributed by atoms with Gasteiger partial charge in [-0.05, 0) is 44.9 Å². The molecule has 0 aliphatic heterocycles. The van der Waals surface area contributed by atoms with E-state index in [1.807, 2.05) is 18.5 Å². The molecular formula is C25H34IN5O. The summed E-state index contributed by atoms with van der Waals surface area (Å²) in [5, 5.41) is 6.75. The molecular weight excluding hydrogens is 513 g/mol. The first kappa shape index (κ1) is 25.7. The Morgan fingerprint density at radius 3 is 2.47 bits per heavy atom. The van der Waals surface area contributed by atoms with Gasteiger partial charge >= 0.3 is 0 Å². The van der Waals surface area contributed by atoms with E-state index in [0.717, 1.165) is 29.6 Å². The van der Waals surface area contributed by atoms with Crippen molar-refractivity contribution in [2.24, 2.45) is 4.99 Å². The molecule has 0 radical (unpaired) electrons. The fourth-order valence-electron chi connectivity index (χ4n) is 3.23. The first-order valence-electron chi connectivity index (χ1n) is 10.6. The third-order valence-electron chi connectivity index (χ3n) is 4.72. The minimum Gasteiger partial charge on any atom is -0.488 e. The van der Waals surface area contributed by atoms with Crippen LogP contribution in [-0.2, 0) is 19.6 Å². The van der Waals surface area contributed by atoms with Gasteiger partial charge in [0.1, 0.15) is 17.2 Å². The lowest BCUT2D eigenvalue weighted by Crippen LogP contribution is -2.37. The number of nitrogens with one attached hydrogen (secondary N) is 2. The van der Waals surface area contributed by atoms with Gasteiger partial charge < -0.3 is 19.9 Å². The van der Waals surface area contributed by atoms with Gasteiger partial charge in [-0.2, -0.15) is 0 Å². The van der Waals surface area contributed by atoms with E-state index in [1.54, 1.807) is 7.05 Å². The smallest absolute Gasteiger partial charge is 0.191 e. The topological polar surface area (TPSA) is 63.5 Å². The molecule has 172 valence electrons. The predicted octanol–water partition coefficient (Wildman–Crippen LogP) is 4.90. The van der Waals surface area contributed by atoms with Crippen LogP contribution in [0.3, 0.4) is 0 Å². The SMILES string of the molecule is CN=C(NCc1ccc(C)cc1OC(C)(C)C)NCc1nccn1Cc1ccccc1.I. The number of aryl methyl sites for hydroxylation is 1. The number of benzene rings is 2. The number of aliphatic imine (C=N–C) groups is 1. The van der Waals surface area contributed by atoms with Crippen LogP contribution in [0, 0.1) is 6.92 Å². The van der Waals surface area contributed by atoms with Crippen LogP contribution in [0.25, 0.3) is 0 Å². The average Bonchev–Trinajstić information content (AvgIpc) is 3.16. The molecule has 0 saturated carbocycles. The number of rotatable bonds is 7. The molecule has 0 unspecified atom stereocenters. The summed E-state index contributed by atoms with van der Waals surface area (Å²) in [5.41, 5.74) is 3.26. The summed E-state index contributed by atoms with van der Waals surface area (Å²) in [6.45, 7) is 10.2. The summed E-state index contributed by atoms with van der Waals surface area (Å²) in [5.74, 6) is 2.57. The zero-order valence-electron chi connectivity index (χ0n) is 19.6. The highest BCUT2D eigenvalue weighted by molar-refractivity contribution is 14.0. The van der Waals surface area contributed by atoms with Gasteiger partial charge in [0.25, 0.3) is 0 Å². The number of ether oxygens (including phenoxy) is 1. The molecule has 0 bridgehead atoms. The number of halogens is 1. The highest BCUT2D eigenvalue weighted by atomic mass is 127. The van der Waals surface area contributed by atoms with Crippen molar-refractivity contribution < 1.29 is 4.74 Å². The zero-order chi connectivity index (χ0) is 22.3. The number of hydrogen-bond acceptors (Lipinski definition) is 3. The van der Waals surface area contributed by atoms with Crippen LogP contribution in [0.2, 0.25) is 0 Å². The highest BCUT2D eigenvalue weighted by Crippen LogP contribution is 2.24. The number of aromatic nitrogens is 2. The molecule has 0 saturated heterocycles. The Hall–Kier alpha value is -2.55. The molecule has 0 spiro atoms. The molecule has 0 atom stereocenters. The number of hydrogen-bond donors (Lipinski definition) is 2. The monoisotopic (exact) mass is 547 g/mol. The van der Waals surface area contributed by atoms with E-state index in [0.29, 0.717) is 13.1 Å². The van der Waals surface area contributed by atoms with Crippen LogP contribution in [0.15, 0.2) is 65.9 Å². The minimum absolute atomic E-state index is 0. The molecule has 6 nitrogen and oxygen atoms in total. The van der Waals surface area contributed by atoms with Gasteiger partial charge in [-0.25, -0.2) is 4.98 Å². The summed E-state index contributed by atoms with van der Waals surface area (Å²) < 4.78 is 8.30. The number of imidazole rings is 1. The van der Waals surface area contributed by atoms with Crippen molar-refractivity contribution >= 4 is 29.9 Å². The molecule has 0 amide bonds. The minimum atomic E-state index is -0.252. The van der Waals surface area contributed by atoms with Crippen molar-refractivity contribution in [1.29, 1.82) is 0 Å². The Labute approximate surface area is 208 Å². The van der Waals surface area contributed by atoms with E-state index in [1.165, 1.54) is 11.1 Å². The lowest BCUT2D eigenvalue weighted by molar-refractivity contribution is 0.129. The van der Waals surface area contributed by atoms with Crippen LogP contribution >= 0.6 is 24.0 Å². The van der Waals surface area contributed by atoms with E-state index >= 15 is 0 Å². The largest absolute Gasteiger partial charge is 0.488 e. The second kappa shape index (κ2) is 11.9. The van der Waals surface area contributed by atoms with Crippen molar-refractivity contribution in [3.63, 3.8) is 0 Å². The molecule has 3 aromatic rings. The Balaban J connectivity index is 0.00000363. The van der Waals surface area contributed by atoms with Crippen molar-refractivity contribution in [1.82, 2.24) is 20.2 Å². The van der Waals surface area contributed by atoms with Crippen LogP contribution in [0.1, 0.15) is 43.3 Å². The fraction of sp³-hybridized carbons (Fsp3) is 0.360. The van der Waals surface area contributed by atoms with Gasteiger partial charge in [-0.1, -0.05) is 42.5 Å². The molecule has 2 N–H and O–H groups in total. The predicted molar refractivity (Wildman–Crippen MR) is 142 cm³/mol. The summed E-state index contributed by atoms with van der Waals surface area (Å²) in [7, 11) is 1.77. The summed E-state index contributed by atoms with van der Waals surface area (Å²) in [6, 6.07) is 16.7. The maximum Gasteiger partial charge on any atom is 0.191 e. The molecule has 0 aliphatic carbocycles. The Morgan fingerprint density at radius 1 is 1.06 bits per heavy atom. The summed E-state index contributed by atoms with van der Waals surface area (Å²) >= 11 is 0. The van der Waals surface area contributed by atoms with Gasteiger partial charge in [0, 0.05) is 38.1 Å². The number of guanidine groups is 1. The maximum absolute atomic E-state index is 6.16. The van der Waals surface area contributed by atoms with Crippen LogP contribution < -0.4 is 15.4 Å². The number of nitrogens with zero attached hydrogens (tertiary/aromatic N) is 3. The van der Waals surface area contributed by atoms with Gasteiger partial charge in [-0.15, -0.1) is 24.0 Å². The fourth-order valence-corrected chi connectivity index (χ4v) is 3.23. The van der Waals surface area contributed by atoms with E-state index in [2.05, 4.69) is 95.3 Å². The second-order valence-corrected chi connectivity index (χ2v) is 8.56. The highest BCUT2D eigenvalue weighted by Gasteiger charge is 2.15. The molecule has 3 rings (SSSR count). The van der Waals surface area contributed by atoms with Gasteiger partial charge in [0.2, 0.25) is 0 Å². The Morgan fingerprint density at radius 2 is 1.78 bits per heavy atom. The molecule has 32 heavy (non-hydrogen) atoms. The van der Waals surface area contributed by atoms with E-state index in [4.69, 9.17) is 4.74 Å². The lowest BCUT2D eigenvalue weighted by Gasteiger charge is -2.24. The molecule has 0 aliphatic rings.